The Morgan fingerprint density at radius 1 is 1.03 bits per heavy atom. The van der Waals surface area contributed by atoms with Crippen LogP contribution in [0.15, 0.2) is 12.2 Å². The molecule has 0 radical (unpaired) electrons. The molecule has 0 unspecified atom stereocenters. The maximum atomic E-state index is 10.8. The number of aliphatic hydroxyl groups excluding tert-OH is 2. The maximum Gasteiger partial charge on any atom is 0.139 e. The third-order valence-electron chi connectivity index (χ3n) is 13.0. The summed E-state index contributed by atoms with van der Waals surface area (Å²) in [6.45, 7) is 15.5. The predicted octanol–water partition coefficient (Wildman–Crippen LogP) is 6.22. The SMILES string of the molecule is C=C(C)[C@@H](OO)[C@H](O)C[C@@H](C)[C@H]1CC[C@@]2(C)[C@@H]3CC[C@H]4[C@H](C)[C@@H](O)CC[C@@]45C[C@@]35CC[C@]12C. The van der Waals surface area contributed by atoms with Crippen LogP contribution in [0.1, 0.15) is 98.8 Å². The fourth-order valence-electron chi connectivity index (χ4n) is 11.1. The van der Waals surface area contributed by atoms with Gasteiger partial charge in [0.05, 0.1) is 12.2 Å². The minimum Gasteiger partial charge on any atom is -0.393 e. The normalized spacial score (nSPS) is 53.2. The first kappa shape index (κ1) is 24.3. The summed E-state index contributed by atoms with van der Waals surface area (Å²) in [4.78, 5) is 4.58. The molecule has 5 rings (SSSR count). The van der Waals surface area contributed by atoms with Gasteiger partial charge in [-0.25, -0.2) is 4.89 Å². The molecule has 5 fully saturated rings. The molecular formula is C29H48O4. The Morgan fingerprint density at radius 2 is 1.76 bits per heavy atom. The Bertz CT molecular complexity index is 796. The molecule has 2 spiro atoms. The molecule has 4 heteroatoms. The van der Waals surface area contributed by atoms with E-state index in [2.05, 4.69) is 39.2 Å². The Morgan fingerprint density at radius 3 is 2.42 bits per heavy atom. The predicted molar refractivity (Wildman–Crippen MR) is 130 cm³/mol. The Labute approximate surface area is 201 Å². The number of hydrogen-bond acceptors (Lipinski definition) is 4. The molecule has 12 atom stereocenters. The van der Waals surface area contributed by atoms with Crippen molar-refractivity contribution in [2.75, 3.05) is 0 Å². The van der Waals surface area contributed by atoms with Crippen molar-refractivity contribution < 1.29 is 20.4 Å². The van der Waals surface area contributed by atoms with E-state index in [1.165, 1.54) is 51.4 Å². The van der Waals surface area contributed by atoms with Gasteiger partial charge in [-0.2, -0.15) is 0 Å². The van der Waals surface area contributed by atoms with Crippen molar-refractivity contribution in [3.05, 3.63) is 12.2 Å². The summed E-state index contributed by atoms with van der Waals surface area (Å²) in [5.41, 5.74) is 2.39. The topological polar surface area (TPSA) is 69.9 Å². The van der Waals surface area contributed by atoms with Crippen molar-refractivity contribution in [1.82, 2.24) is 0 Å². The van der Waals surface area contributed by atoms with E-state index in [4.69, 9.17) is 0 Å². The highest BCUT2D eigenvalue weighted by molar-refractivity contribution is 5.29. The van der Waals surface area contributed by atoms with Crippen molar-refractivity contribution in [3.8, 4) is 0 Å². The monoisotopic (exact) mass is 460 g/mol. The van der Waals surface area contributed by atoms with Crippen molar-refractivity contribution in [3.63, 3.8) is 0 Å². The van der Waals surface area contributed by atoms with Gasteiger partial charge in [0.1, 0.15) is 6.10 Å². The van der Waals surface area contributed by atoms with E-state index in [1.807, 2.05) is 0 Å². The van der Waals surface area contributed by atoms with Gasteiger partial charge in [0.15, 0.2) is 0 Å². The quantitative estimate of drug-likeness (QED) is 0.250. The summed E-state index contributed by atoms with van der Waals surface area (Å²) in [5.74, 6) is 2.99. The van der Waals surface area contributed by atoms with Gasteiger partial charge in [-0.1, -0.05) is 34.3 Å². The minimum atomic E-state index is -0.717. The van der Waals surface area contributed by atoms with Gasteiger partial charge in [0, 0.05) is 0 Å². The molecule has 0 aromatic carbocycles. The molecular weight excluding hydrogens is 412 g/mol. The van der Waals surface area contributed by atoms with Gasteiger partial charge < -0.3 is 10.2 Å². The van der Waals surface area contributed by atoms with E-state index in [9.17, 15) is 15.5 Å². The first-order chi connectivity index (χ1) is 15.5. The molecule has 5 aliphatic rings. The van der Waals surface area contributed by atoms with Gasteiger partial charge in [0.25, 0.3) is 0 Å². The van der Waals surface area contributed by atoms with Crippen LogP contribution in [-0.4, -0.2) is 33.8 Å². The summed E-state index contributed by atoms with van der Waals surface area (Å²) in [7, 11) is 0. The molecule has 3 N–H and O–H groups in total. The number of rotatable bonds is 6. The maximum absolute atomic E-state index is 10.8. The second-order valence-electron chi connectivity index (χ2n) is 13.8. The summed E-state index contributed by atoms with van der Waals surface area (Å²) in [6, 6.07) is 0. The summed E-state index contributed by atoms with van der Waals surface area (Å²) < 4.78 is 0. The standard InChI is InChI=1S/C29H48O4/c1-17(2)25(33-32)23(31)15-18(3)20-9-11-27(6)24-8-7-21-19(4)22(30)10-12-28(21)16-29(24,28)14-13-26(20,27)5/h18-25,30-32H,1,7-16H2,2-6H3/t18-,19+,20-,21+,22+,23-,24+,25-,26-,27+,28-,29+/m1/s1. The molecule has 0 amide bonds. The average Bonchev–Trinajstić information content (AvgIpc) is 3.33. The van der Waals surface area contributed by atoms with E-state index in [0.29, 0.717) is 51.4 Å². The van der Waals surface area contributed by atoms with Crippen LogP contribution in [0, 0.1) is 51.2 Å². The van der Waals surface area contributed by atoms with Crippen molar-refractivity contribution in [2.24, 2.45) is 51.2 Å². The summed E-state index contributed by atoms with van der Waals surface area (Å²) in [6.07, 6.45) is 10.7. The third kappa shape index (κ3) is 3.02. The van der Waals surface area contributed by atoms with Crippen LogP contribution in [-0.2, 0) is 4.89 Å². The van der Waals surface area contributed by atoms with E-state index in [1.54, 1.807) is 6.92 Å². The molecule has 0 heterocycles. The highest BCUT2D eigenvalue weighted by Gasteiger charge is 2.81. The summed E-state index contributed by atoms with van der Waals surface area (Å²) >= 11 is 0. The number of aliphatic hydroxyl groups is 2. The fourth-order valence-corrected chi connectivity index (χ4v) is 11.1. The molecule has 5 saturated carbocycles. The second kappa shape index (κ2) is 7.79. The molecule has 33 heavy (non-hydrogen) atoms. The average molecular weight is 461 g/mol. The number of fused-ring (bicyclic) bond motifs is 2. The lowest BCUT2D eigenvalue weighted by molar-refractivity contribution is -0.287. The zero-order chi connectivity index (χ0) is 24.0. The highest BCUT2D eigenvalue weighted by Crippen LogP contribution is 2.88. The zero-order valence-corrected chi connectivity index (χ0v) is 21.6. The van der Waals surface area contributed by atoms with E-state index >= 15 is 0 Å². The minimum absolute atomic E-state index is 0.0895. The Hall–Kier alpha value is -0.420. The van der Waals surface area contributed by atoms with Crippen LogP contribution in [0.25, 0.3) is 0 Å². The molecule has 0 bridgehead atoms. The van der Waals surface area contributed by atoms with Gasteiger partial charge in [-0.05, 0) is 128 Å². The van der Waals surface area contributed by atoms with Crippen LogP contribution in [0.3, 0.4) is 0 Å². The van der Waals surface area contributed by atoms with Crippen LogP contribution in [0.2, 0.25) is 0 Å². The molecule has 0 saturated heterocycles. The van der Waals surface area contributed by atoms with E-state index in [-0.39, 0.29) is 6.10 Å². The molecule has 0 aromatic heterocycles. The van der Waals surface area contributed by atoms with Crippen molar-refractivity contribution >= 4 is 0 Å². The Balaban J connectivity index is 1.37. The van der Waals surface area contributed by atoms with Crippen LogP contribution in [0.5, 0.6) is 0 Å². The molecule has 0 aliphatic heterocycles. The van der Waals surface area contributed by atoms with Crippen LogP contribution in [0.4, 0.5) is 0 Å². The second-order valence-corrected chi connectivity index (χ2v) is 13.8. The third-order valence-corrected chi connectivity index (χ3v) is 13.0. The molecule has 0 aromatic rings. The highest BCUT2D eigenvalue weighted by atomic mass is 17.1. The molecule has 188 valence electrons. The lowest BCUT2D eigenvalue weighted by atomic mass is 9.43. The lowest BCUT2D eigenvalue weighted by Crippen LogP contribution is -2.56. The van der Waals surface area contributed by atoms with E-state index < -0.39 is 12.2 Å². The first-order valence-electron chi connectivity index (χ1n) is 13.8. The van der Waals surface area contributed by atoms with E-state index in [0.717, 1.165) is 18.3 Å². The summed E-state index contributed by atoms with van der Waals surface area (Å²) in [5, 5.41) is 30.7. The van der Waals surface area contributed by atoms with Gasteiger partial charge in [0.2, 0.25) is 0 Å². The Kier molecular flexibility index (Phi) is 5.73. The van der Waals surface area contributed by atoms with Gasteiger partial charge in [-0.3, -0.25) is 5.26 Å². The van der Waals surface area contributed by atoms with Crippen molar-refractivity contribution in [2.45, 2.75) is 117 Å². The van der Waals surface area contributed by atoms with Crippen LogP contribution >= 0.6 is 0 Å². The number of hydrogen-bond donors (Lipinski definition) is 3. The van der Waals surface area contributed by atoms with Gasteiger partial charge >= 0.3 is 0 Å². The fraction of sp³-hybridized carbons (Fsp3) is 0.931. The van der Waals surface area contributed by atoms with Crippen LogP contribution < -0.4 is 0 Å². The zero-order valence-electron chi connectivity index (χ0n) is 21.6. The molecule has 5 aliphatic carbocycles. The largest absolute Gasteiger partial charge is 0.393 e. The lowest BCUT2D eigenvalue weighted by Gasteiger charge is -2.62. The van der Waals surface area contributed by atoms with Crippen molar-refractivity contribution in [1.29, 1.82) is 0 Å². The smallest absolute Gasteiger partial charge is 0.139 e. The first-order valence-corrected chi connectivity index (χ1v) is 13.8. The van der Waals surface area contributed by atoms with Gasteiger partial charge in [-0.15, -0.1) is 0 Å². The molecule has 4 nitrogen and oxygen atoms in total.